The molecule has 1 heterocycles. The van der Waals surface area contributed by atoms with Crippen molar-refractivity contribution in [2.45, 2.75) is 10.8 Å². The van der Waals surface area contributed by atoms with Crippen molar-refractivity contribution in [2.24, 2.45) is 5.41 Å². The van der Waals surface area contributed by atoms with Crippen molar-refractivity contribution in [3.63, 3.8) is 0 Å². The lowest BCUT2D eigenvalue weighted by Gasteiger charge is -2.32. The molecule has 0 N–H and O–H groups in total. The predicted octanol–water partition coefficient (Wildman–Crippen LogP) is 16.7. The van der Waals surface area contributed by atoms with Crippen molar-refractivity contribution in [1.82, 2.24) is 0 Å². The number of hydrogen-bond acceptors (Lipinski definition) is 11. The standard InChI is InChI=1S/C83H27NO10/c1-84(2)17-5-3-16(4-6-17)15-18-77(85)91-11-7-89-9-13-93-79(87)83(80(88)94-14-10-90-8-12-92-78(18)86)81-73-65-57-47-37-29-21-19-20-23-27-25(21)33-41-35(27)45-39-31(23)32-24(20)28-26-22(19)30(29)38-44-34(26)42-36(28)46-40(32)50-49(39)59-53(45)63-55(41)61(51(57)43(33)37)69(73)71(63)75-67(59)68-60(50)54(46)64-56(42)62-52(44)58(48(38)47)66(65)74(81)70(62)72(64)76(68)82(75,81)83/h3-6,15H,7-14H2,1-2H3. The number of hydrogen-bond donors (Lipinski definition) is 0. The number of rotatable bonds is 2. The first-order chi connectivity index (χ1) is 46.4. The van der Waals surface area contributed by atoms with Crippen molar-refractivity contribution in [3.05, 3.63) is 57.7 Å². The molecular formula is C83H27NO10. The lowest BCUT2D eigenvalue weighted by molar-refractivity contribution is -0.168. The molecule has 424 valence electrons. The quantitative estimate of drug-likeness (QED) is 0.0410. The van der Waals surface area contributed by atoms with Crippen LogP contribution < -0.4 is 4.90 Å². The largest absolute Gasteiger partial charge is 0.462 e. The number of nitrogens with zero attached hydrogens (tertiary/aromatic N) is 1. The SMILES string of the molecule is CN(C)c1ccc(C=C2C(=O)OCCOCCOC(=O)C3(C(=O)OCCOCCOC2=O)C24c5c6c7c8c9c%10c(c%11c%12c2c2c5c5c%13c6c6c7c7c9c9c%14c%10c%10c%11c%11c%12c%12c2c2c5c5c%13c%13c6c6c7c9c7c9c%14c%10c%10c%11c%11c%12c2c2c5c5c%13c6c7c6c9c%10c%11c2c56)C834)cc1. The van der Waals surface area contributed by atoms with Gasteiger partial charge in [0.1, 0.15) is 32.0 Å². The van der Waals surface area contributed by atoms with E-state index in [0.29, 0.717) is 5.56 Å². The first kappa shape index (κ1) is 41.5. The number of carbonyl (C=O) groups is 4. The number of benzene rings is 19. The van der Waals surface area contributed by atoms with E-state index >= 15 is 9.59 Å². The van der Waals surface area contributed by atoms with Crippen LogP contribution in [0.4, 0.5) is 5.69 Å². The van der Waals surface area contributed by atoms with Gasteiger partial charge in [0.25, 0.3) is 0 Å². The van der Waals surface area contributed by atoms with E-state index in [4.69, 9.17) is 28.4 Å². The Balaban J connectivity index is 0.731. The Kier molecular flexibility index (Phi) is 4.74. The van der Waals surface area contributed by atoms with Gasteiger partial charge in [-0.25, -0.2) is 9.59 Å². The van der Waals surface area contributed by atoms with Crippen LogP contribution >= 0.6 is 0 Å². The molecule has 35 rings (SSSR count). The average molecular weight is 1200 g/mol. The molecule has 3 spiro atoms. The molecule has 0 bridgehead atoms. The molecule has 6 aliphatic rings. The minimum Gasteiger partial charge on any atom is -0.462 e. The highest BCUT2D eigenvalue weighted by atomic mass is 16.6. The van der Waals surface area contributed by atoms with Crippen molar-refractivity contribution in [2.75, 3.05) is 71.9 Å². The first-order valence-corrected chi connectivity index (χ1v) is 33.5. The van der Waals surface area contributed by atoms with Crippen LogP contribution in [0.25, 0.3) is 297 Å². The molecule has 0 aromatic heterocycles. The maximum atomic E-state index is 17.5. The molecule has 1 saturated heterocycles. The summed E-state index contributed by atoms with van der Waals surface area (Å²) in [6, 6.07) is 7.44. The van der Waals surface area contributed by atoms with Gasteiger partial charge < -0.3 is 33.3 Å². The summed E-state index contributed by atoms with van der Waals surface area (Å²) in [5.74, 6) is -2.88. The van der Waals surface area contributed by atoms with Crippen LogP contribution in [0.1, 0.15) is 27.8 Å². The Labute approximate surface area is 517 Å². The lowest BCUT2D eigenvalue weighted by Crippen LogP contribution is -2.39. The lowest BCUT2D eigenvalue weighted by atomic mass is 9.68. The van der Waals surface area contributed by atoms with E-state index in [9.17, 15) is 9.59 Å². The van der Waals surface area contributed by atoms with Gasteiger partial charge in [-0.15, -0.1) is 0 Å². The van der Waals surface area contributed by atoms with Crippen molar-refractivity contribution >= 4 is 326 Å². The maximum Gasteiger partial charge on any atom is 0.345 e. The van der Waals surface area contributed by atoms with Crippen LogP contribution in [-0.4, -0.2) is 90.8 Å². The molecule has 29 aromatic carbocycles. The summed E-state index contributed by atoms with van der Waals surface area (Å²) in [6.07, 6.45) is 1.46. The summed E-state index contributed by atoms with van der Waals surface area (Å²) < 4.78 is 37.9. The minimum atomic E-state index is -1.95. The van der Waals surface area contributed by atoms with E-state index in [1.54, 1.807) is 0 Å². The number of ether oxygens (including phenoxy) is 6. The minimum absolute atomic E-state index is 0.0395. The summed E-state index contributed by atoms with van der Waals surface area (Å²) in [7, 11) is 3.88. The Bertz CT molecular complexity index is 7800. The Morgan fingerprint density at radius 1 is 0.266 bits per heavy atom. The molecule has 0 amide bonds. The zero-order valence-electron chi connectivity index (χ0n) is 49.1. The normalized spacial score (nSPS) is 23.5. The fourth-order valence-electron chi connectivity index (χ4n) is 27.8. The van der Waals surface area contributed by atoms with Crippen LogP contribution in [0.15, 0.2) is 29.8 Å². The van der Waals surface area contributed by atoms with E-state index < -0.39 is 40.1 Å². The maximum absolute atomic E-state index is 17.5. The van der Waals surface area contributed by atoms with Gasteiger partial charge in [-0.2, -0.15) is 0 Å². The summed E-state index contributed by atoms with van der Waals surface area (Å²) >= 11 is 0. The second kappa shape index (κ2) is 10.7. The molecule has 29 aromatic rings. The zero-order valence-corrected chi connectivity index (χ0v) is 49.1. The highest BCUT2D eigenvalue weighted by molar-refractivity contribution is 6.82. The van der Waals surface area contributed by atoms with E-state index in [2.05, 4.69) is 0 Å². The van der Waals surface area contributed by atoms with Crippen LogP contribution in [0, 0.1) is 5.41 Å². The van der Waals surface area contributed by atoms with E-state index in [1.165, 1.54) is 297 Å². The van der Waals surface area contributed by atoms with E-state index in [-0.39, 0.29) is 58.4 Å². The van der Waals surface area contributed by atoms with Gasteiger partial charge in [0.05, 0.1) is 37.3 Å². The monoisotopic (exact) mass is 1200 g/mol. The third-order valence-corrected chi connectivity index (χ3v) is 29.0. The Morgan fingerprint density at radius 2 is 0.468 bits per heavy atom. The van der Waals surface area contributed by atoms with Crippen molar-refractivity contribution in [1.29, 1.82) is 0 Å². The topological polar surface area (TPSA) is 127 Å². The van der Waals surface area contributed by atoms with Crippen LogP contribution in [0.3, 0.4) is 0 Å². The fourth-order valence-corrected chi connectivity index (χ4v) is 27.8. The smallest absolute Gasteiger partial charge is 0.345 e. The van der Waals surface area contributed by atoms with Gasteiger partial charge in [-0.3, -0.25) is 9.59 Å². The predicted molar refractivity (Wildman–Crippen MR) is 371 cm³/mol. The van der Waals surface area contributed by atoms with Crippen LogP contribution in [0.2, 0.25) is 0 Å². The summed E-state index contributed by atoms with van der Waals surface area (Å²) in [6.45, 7) is -0.864. The molecule has 0 radical (unpaired) electrons. The highest BCUT2D eigenvalue weighted by Crippen LogP contribution is 2.96. The van der Waals surface area contributed by atoms with E-state index in [1.807, 2.05) is 43.3 Å². The molecule has 0 atom stereocenters. The first-order valence-electron chi connectivity index (χ1n) is 33.5. The van der Waals surface area contributed by atoms with Crippen LogP contribution in [-0.2, 0) is 58.4 Å². The second-order valence-electron chi connectivity index (χ2n) is 30.8. The van der Waals surface area contributed by atoms with Gasteiger partial charge in [0.15, 0.2) is 5.41 Å². The summed E-state index contributed by atoms with van der Waals surface area (Å²) in [5.41, 5.74) is 1.41. The van der Waals surface area contributed by atoms with Gasteiger partial charge in [-0.05, 0) is 337 Å². The van der Waals surface area contributed by atoms with E-state index in [0.717, 1.165) is 27.9 Å². The van der Waals surface area contributed by atoms with Gasteiger partial charge in [-0.1, -0.05) is 12.1 Å². The van der Waals surface area contributed by atoms with Gasteiger partial charge in [0, 0.05) is 19.8 Å². The molecule has 11 heteroatoms. The second-order valence-corrected chi connectivity index (χ2v) is 30.8. The molecule has 0 unspecified atom stereocenters. The van der Waals surface area contributed by atoms with Crippen molar-refractivity contribution < 1.29 is 47.6 Å². The summed E-state index contributed by atoms with van der Waals surface area (Å²) in [5, 5.41) is 76.1. The average Bonchev–Trinajstić information content (AvgIpc) is 1.35. The molecule has 1 aliphatic heterocycles. The number of carbonyl (C=O) groups excluding carboxylic acids is 4. The molecule has 94 heavy (non-hydrogen) atoms. The molecule has 2 fully saturated rings. The molecule has 1 saturated carbocycles. The Morgan fingerprint density at radius 3 is 0.681 bits per heavy atom. The molecule has 5 aliphatic carbocycles. The number of esters is 4. The Hall–Kier alpha value is -11.0. The molecular weight excluding hydrogens is 1170 g/mol. The van der Waals surface area contributed by atoms with Gasteiger partial charge >= 0.3 is 23.9 Å². The third kappa shape index (κ3) is 2.73. The van der Waals surface area contributed by atoms with Crippen LogP contribution in [0.5, 0.6) is 0 Å². The molecule has 11 nitrogen and oxygen atoms in total. The number of cyclic esters (lactones) is 4. The van der Waals surface area contributed by atoms with Gasteiger partial charge in [0.2, 0.25) is 0 Å². The summed E-state index contributed by atoms with van der Waals surface area (Å²) in [4.78, 5) is 64.7. The highest BCUT2D eigenvalue weighted by Gasteiger charge is 3.01. The zero-order chi connectivity index (χ0) is 59.0. The third-order valence-electron chi connectivity index (χ3n) is 29.0. The fraction of sp³-hybridized carbons (Fsp3) is 0.157. The number of anilines is 1. The van der Waals surface area contributed by atoms with Crippen molar-refractivity contribution in [3.8, 4) is 0 Å².